The molecule has 3 heterocycles. The average Bonchev–Trinajstić information content (AvgIpc) is 2.94. The number of piperidine rings is 1. The highest BCUT2D eigenvalue weighted by molar-refractivity contribution is 5.76. The van der Waals surface area contributed by atoms with Gasteiger partial charge in [-0.1, -0.05) is 0 Å². The summed E-state index contributed by atoms with van der Waals surface area (Å²) in [4.78, 5) is 28.3. The fourth-order valence-electron chi connectivity index (χ4n) is 3.78. The number of carbonyl (C=O) groups is 2. The highest BCUT2D eigenvalue weighted by Crippen LogP contribution is 2.41. The van der Waals surface area contributed by atoms with Crippen LogP contribution in [0.3, 0.4) is 0 Å². The van der Waals surface area contributed by atoms with E-state index in [1.165, 1.54) is 0 Å². The largest absolute Gasteiger partial charge is 0.444 e. The van der Waals surface area contributed by atoms with Gasteiger partial charge in [-0.3, -0.25) is 9.48 Å². The maximum absolute atomic E-state index is 12.4. The van der Waals surface area contributed by atoms with Gasteiger partial charge >= 0.3 is 6.09 Å². The van der Waals surface area contributed by atoms with Gasteiger partial charge in [0.2, 0.25) is 5.91 Å². The fourth-order valence-corrected chi connectivity index (χ4v) is 3.78. The summed E-state index contributed by atoms with van der Waals surface area (Å²) in [5.41, 5.74) is 0.822. The van der Waals surface area contributed by atoms with Gasteiger partial charge in [0.1, 0.15) is 5.60 Å². The smallest absolute Gasteiger partial charge is 0.410 e. The van der Waals surface area contributed by atoms with Crippen LogP contribution in [-0.2, 0) is 23.0 Å². The molecular formula is C19H30N4O3. The maximum Gasteiger partial charge on any atom is 0.410 e. The molecule has 2 fully saturated rings. The molecule has 0 radical (unpaired) electrons. The number of aromatic nitrogens is 2. The van der Waals surface area contributed by atoms with Crippen molar-refractivity contribution in [3.8, 4) is 0 Å². The molecule has 0 atom stereocenters. The van der Waals surface area contributed by atoms with E-state index >= 15 is 0 Å². The topological polar surface area (TPSA) is 67.7 Å². The molecule has 0 aliphatic carbocycles. The lowest BCUT2D eigenvalue weighted by Gasteiger charge is -2.53. The highest BCUT2D eigenvalue weighted by Gasteiger charge is 2.48. The summed E-state index contributed by atoms with van der Waals surface area (Å²) in [6, 6.07) is 0. The van der Waals surface area contributed by atoms with Crippen LogP contribution >= 0.6 is 0 Å². The molecule has 2 saturated heterocycles. The Morgan fingerprint density at radius 1 is 1.19 bits per heavy atom. The number of likely N-dealkylation sites (tertiary alicyclic amines) is 2. The summed E-state index contributed by atoms with van der Waals surface area (Å²) in [5, 5.41) is 4.14. The van der Waals surface area contributed by atoms with Crippen molar-refractivity contribution in [1.82, 2.24) is 19.6 Å². The second-order valence-corrected chi connectivity index (χ2v) is 8.74. The van der Waals surface area contributed by atoms with Crippen LogP contribution in [0.5, 0.6) is 0 Å². The second-order valence-electron chi connectivity index (χ2n) is 8.74. The van der Waals surface area contributed by atoms with Crippen molar-refractivity contribution in [2.75, 3.05) is 26.2 Å². The third kappa shape index (κ3) is 4.37. The molecule has 0 N–H and O–H groups in total. The molecule has 0 bridgehead atoms. The van der Waals surface area contributed by atoms with Crippen LogP contribution in [-0.4, -0.2) is 63.4 Å². The van der Waals surface area contributed by atoms with Crippen LogP contribution in [0.1, 0.15) is 45.6 Å². The van der Waals surface area contributed by atoms with Crippen molar-refractivity contribution in [2.24, 2.45) is 12.5 Å². The van der Waals surface area contributed by atoms with Gasteiger partial charge in [0.05, 0.1) is 6.20 Å². The summed E-state index contributed by atoms with van der Waals surface area (Å²) < 4.78 is 7.19. The molecule has 3 rings (SSSR count). The standard InChI is InChI=1S/C19H30N4O3/c1-18(2,3)26-17(25)23-13-19(14-23)7-9-22(10-8-19)16(24)6-5-15-11-20-21(4)12-15/h11-12H,5-10,13-14H2,1-4H3. The molecule has 1 spiro atoms. The van der Waals surface area contributed by atoms with Crippen LogP contribution in [0, 0.1) is 5.41 Å². The summed E-state index contributed by atoms with van der Waals surface area (Å²) >= 11 is 0. The van der Waals surface area contributed by atoms with Crippen LogP contribution in [0.25, 0.3) is 0 Å². The van der Waals surface area contributed by atoms with Gasteiger partial charge in [0.15, 0.2) is 0 Å². The maximum atomic E-state index is 12.4. The van der Waals surface area contributed by atoms with Crippen LogP contribution < -0.4 is 0 Å². The van der Waals surface area contributed by atoms with Gasteiger partial charge in [-0.05, 0) is 45.6 Å². The van der Waals surface area contributed by atoms with Crippen molar-refractivity contribution >= 4 is 12.0 Å². The van der Waals surface area contributed by atoms with E-state index in [1.807, 2.05) is 45.1 Å². The third-order valence-corrected chi connectivity index (χ3v) is 5.27. The van der Waals surface area contributed by atoms with E-state index in [1.54, 1.807) is 9.58 Å². The fraction of sp³-hybridized carbons (Fsp3) is 0.737. The summed E-state index contributed by atoms with van der Waals surface area (Å²) in [5.74, 6) is 0.215. The lowest BCUT2D eigenvalue weighted by molar-refractivity contribution is -0.136. The van der Waals surface area contributed by atoms with E-state index in [-0.39, 0.29) is 17.4 Å². The number of carbonyl (C=O) groups excluding carboxylic acids is 2. The molecule has 144 valence electrons. The van der Waals surface area contributed by atoms with Crippen molar-refractivity contribution < 1.29 is 14.3 Å². The Bertz CT molecular complexity index is 661. The van der Waals surface area contributed by atoms with Crippen LogP contribution in [0.4, 0.5) is 4.79 Å². The van der Waals surface area contributed by atoms with E-state index in [0.29, 0.717) is 6.42 Å². The first kappa shape index (κ1) is 18.7. The summed E-state index contributed by atoms with van der Waals surface area (Å²) in [6.07, 6.45) is 6.74. The van der Waals surface area contributed by atoms with Crippen molar-refractivity contribution in [3.05, 3.63) is 18.0 Å². The zero-order valence-electron chi connectivity index (χ0n) is 16.3. The normalized spacial score (nSPS) is 19.4. The predicted molar refractivity (Wildman–Crippen MR) is 97.6 cm³/mol. The first-order valence-corrected chi connectivity index (χ1v) is 9.39. The zero-order valence-corrected chi connectivity index (χ0v) is 16.3. The van der Waals surface area contributed by atoms with Crippen LogP contribution in [0.2, 0.25) is 0 Å². The number of hydrogen-bond donors (Lipinski definition) is 0. The van der Waals surface area contributed by atoms with Gasteiger partial charge < -0.3 is 14.5 Å². The van der Waals surface area contributed by atoms with Crippen molar-refractivity contribution in [1.29, 1.82) is 0 Å². The molecule has 7 nitrogen and oxygen atoms in total. The van der Waals surface area contributed by atoms with Gasteiger partial charge in [0.25, 0.3) is 0 Å². The molecular weight excluding hydrogens is 332 g/mol. The predicted octanol–water partition coefficient (Wildman–Crippen LogP) is 2.21. The van der Waals surface area contributed by atoms with Gasteiger partial charge in [-0.15, -0.1) is 0 Å². The minimum atomic E-state index is -0.454. The summed E-state index contributed by atoms with van der Waals surface area (Å²) in [7, 11) is 1.88. The average molecular weight is 362 g/mol. The number of nitrogens with zero attached hydrogens (tertiary/aromatic N) is 4. The minimum Gasteiger partial charge on any atom is -0.444 e. The van der Waals surface area contributed by atoms with Crippen LogP contribution in [0.15, 0.2) is 12.4 Å². The lowest BCUT2D eigenvalue weighted by atomic mass is 9.72. The second kappa shape index (κ2) is 6.93. The molecule has 2 amide bonds. The number of aryl methyl sites for hydroxylation is 2. The van der Waals surface area contributed by atoms with Gasteiger partial charge in [-0.25, -0.2) is 4.79 Å². The Labute approximate surface area is 155 Å². The van der Waals surface area contributed by atoms with E-state index < -0.39 is 5.60 Å². The van der Waals surface area contributed by atoms with E-state index in [0.717, 1.165) is 51.0 Å². The first-order valence-electron chi connectivity index (χ1n) is 9.39. The zero-order chi connectivity index (χ0) is 18.9. The monoisotopic (exact) mass is 362 g/mol. The lowest BCUT2D eigenvalue weighted by Crippen LogP contribution is -2.62. The Hall–Kier alpha value is -2.05. The quantitative estimate of drug-likeness (QED) is 0.827. The van der Waals surface area contributed by atoms with E-state index in [2.05, 4.69) is 5.10 Å². The third-order valence-electron chi connectivity index (χ3n) is 5.27. The van der Waals surface area contributed by atoms with Gasteiger partial charge in [0, 0.05) is 51.3 Å². The molecule has 26 heavy (non-hydrogen) atoms. The number of amides is 2. The molecule has 0 saturated carbocycles. The van der Waals surface area contributed by atoms with Crippen molar-refractivity contribution in [2.45, 2.75) is 52.1 Å². The Morgan fingerprint density at radius 2 is 1.85 bits per heavy atom. The van der Waals surface area contributed by atoms with E-state index in [9.17, 15) is 9.59 Å². The molecule has 7 heteroatoms. The highest BCUT2D eigenvalue weighted by atomic mass is 16.6. The minimum absolute atomic E-state index is 0.178. The SMILES string of the molecule is Cn1cc(CCC(=O)N2CCC3(CC2)CN(C(=O)OC(C)(C)C)C3)cn1. The molecule has 0 unspecified atom stereocenters. The van der Waals surface area contributed by atoms with E-state index in [4.69, 9.17) is 4.74 Å². The molecule has 2 aliphatic rings. The number of hydrogen-bond acceptors (Lipinski definition) is 4. The Morgan fingerprint density at radius 3 is 2.38 bits per heavy atom. The number of ether oxygens (including phenoxy) is 1. The Balaban J connectivity index is 1.41. The Kier molecular flexibility index (Phi) is 4.99. The molecule has 0 aromatic carbocycles. The van der Waals surface area contributed by atoms with Crippen molar-refractivity contribution in [3.63, 3.8) is 0 Å². The number of rotatable bonds is 3. The molecule has 1 aromatic heterocycles. The molecule has 2 aliphatic heterocycles. The summed E-state index contributed by atoms with van der Waals surface area (Å²) in [6.45, 7) is 8.73. The first-order chi connectivity index (χ1) is 12.2. The van der Waals surface area contributed by atoms with Gasteiger partial charge in [-0.2, -0.15) is 5.10 Å². The molecule has 1 aromatic rings.